The fourth-order valence-corrected chi connectivity index (χ4v) is 3.98. The Hall–Kier alpha value is -1.42. The highest BCUT2D eigenvalue weighted by molar-refractivity contribution is 9.11. The van der Waals surface area contributed by atoms with Crippen molar-refractivity contribution in [1.29, 1.82) is 5.26 Å². The standard InChI is InChI=1S/C15H15BrN4S/c16-14-2-1-13(21-14)11-19-5-7-20(8-6-19)15-9-12(10-17)3-4-18-15/h1-4,9H,5-8,11H2. The minimum Gasteiger partial charge on any atom is -0.354 e. The molecule has 0 bridgehead atoms. The van der Waals surface area contributed by atoms with E-state index in [1.165, 1.54) is 8.66 Å². The Kier molecular flexibility index (Phi) is 4.54. The van der Waals surface area contributed by atoms with Crippen molar-refractivity contribution in [2.45, 2.75) is 6.54 Å². The number of halogens is 1. The number of piperazine rings is 1. The molecule has 0 spiro atoms. The smallest absolute Gasteiger partial charge is 0.129 e. The van der Waals surface area contributed by atoms with Gasteiger partial charge in [0.1, 0.15) is 5.82 Å². The minimum atomic E-state index is 0.672. The minimum absolute atomic E-state index is 0.672. The summed E-state index contributed by atoms with van der Waals surface area (Å²) in [6.07, 6.45) is 1.71. The van der Waals surface area contributed by atoms with Gasteiger partial charge in [0.2, 0.25) is 0 Å². The van der Waals surface area contributed by atoms with Crippen LogP contribution in [-0.2, 0) is 6.54 Å². The molecule has 3 heterocycles. The summed E-state index contributed by atoms with van der Waals surface area (Å²) in [6.45, 7) is 4.96. The molecule has 0 saturated carbocycles. The first-order chi connectivity index (χ1) is 10.2. The van der Waals surface area contributed by atoms with Crippen LogP contribution in [0.25, 0.3) is 0 Å². The van der Waals surface area contributed by atoms with E-state index in [4.69, 9.17) is 5.26 Å². The lowest BCUT2D eigenvalue weighted by Gasteiger charge is -2.35. The molecule has 2 aromatic heterocycles. The number of nitrogens with zero attached hydrogens (tertiary/aromatic N) is 4. The Morgan fingerprint density at radius 3 is 2.71 bits per heavy atom. The zero-order chi connectivity index (χ0) is 14.7. The molecule has 1 aliphatic rings. The van der Waals surface area contributed by atoms with Crippen molar-refractivity contribution in [2.75, 3.05) is 31.1 Å². The molecule has 0 unspecified atom stereocenters. The summed E-state index contributed by atoms with van der Waals surface area (Å²) in [6, 6.07) is 10.1. The molecule has 108 valence electrons. The van der Waals surface area contributed by atoms with Gasteiger partial charge in [-0.2, -0.15) is 5.26 Å². The average Bonchev–Trinajstić information content (AvgIpc) is 2.93. The number of pyridine rings is 1. The maximum atomic E-state index is 8.96. The van der Waals surface area contributed by atoms with Crippen LogP contribution >= 0.6 is 27.3 Å². The Bertz CT molecular complexity index is 656. The number of rotatable bonds is 3. The quantitative estimate of drug-likeness (QED) is 0.841. The summed E-state index contributed by atoms with van der Waals surface area (Å²) in [7, 11) is 0. The molecule has 0 aromatic carbocycles. The molecular weight excluding hydrogens is 348 g/mol. The molecule has 0 atom stereocenters. The molecule has 1 fully saturated rings. The van der Waals surface area contributed by atoms with Gasteiger partial charge in [0.15, 0.2) is 0 Å². The molecule has 3 rings (SSSR count). The summed E-state index contributed by atoms with van der Waals surface area (Å²) in [5.74, 6) is 0.910. The number of nitriles is 1. The van der Waals surface area contributed by atoms with Crippen molar-refractivity contribution in [2.24, 2.45) is 0 Å². The summed E-state index contributed by atoms with van der Waals surface area (Å²) in [5.41, 5.74) is 0.672. The predicted octanol–water partition coefficient (Wildman–Crippen LogP) is 3.10. The third-order valence-corrected chi connectivity index (χ3v) is 5.19. The first kappa shape index (κ1) is 14.5. The average molecular weight is 363 g/mol. The van der Waals surface area contributed by atoms with E-state index in [9.17, 15) is 0 Å². The molecule has 1 aliphatic heterocycles. The molecule has 6 heteroatoms. The van der Waals surface area contributed by atoms with Crippen LogP contribution in [0.5, 0.6) is 0 Å². The van der Waals surface area contributed by atoms with Crippen molar-refractivity contribution >= 4 is 33.1 Å². The first-order valence-electron chi connectivity index (χ1n) is 6.82. The van der Waals surface area contributed by atoms with Gasteiger partial charge in [0.05, 0.1) is 15.4 Å². The van der Waals surface area contributed by atoms with Crippen molar-refractivity contribution in [3.63, 3.8) is 0 Å². The van der Waals surface area contributed by atoms with Crippen LogP contribution in [0, 0.1) is 11.3 Å². The van der Waals surface area contributed by atoms with Crippen LogP contribution in [0.2, 0.25) is 0 Å². The van der Waals surface area contributed by atoms with Gasteiger partial charge in [-0.25, -0.2) is 4.98 Å². The normalized spacial score (nSPS) is 15.9. The van der Waals surface area contributed by atoms with Gasteiger partial charge in [-0.15, -0.1) is 11.3 Å². The zero-order valence-electron chi connectivity index (χ0n) is 11.5. The van der Waals surface area contributed by atoms with E-state index in [0.29, 0.717) is 5.56 Å². The summed E-state index contributed by atoms with van der Waals surface area (Å²) >= 11 is 5.30. The molecule has 21 heavy (non-hydrogen) atoms. The first-order valence-corrected chi connectivity index (χ1v) is 8.43. The lowest BCUT2D eigenvalue weighted by atomic mass is 10.2. The molecule has 2 aromatic rings. The Balaban J connectivity index is 1.58. The van der Waals surface area contributed by atoms with Gasteiger partial charge < -0.3 is 4.90 Å². The molecule has 0 radical (unpaired) electrons. The molecule has 0 aliphatic carbocycles. The fraction of sp³-hybridized carbons (Fsp3) is 0.333. The number of aromatic nitrogens is 1. The van der Waals surface area contributed by atoms with Crippen LogP contribution in [0.4, 0.5) is 5.82 Å². The van der Waals surface area contributed by atoms with Gasteiger partial charge in [-0.3, -0.25) is 4.90 Å². The third kappa shape index (κ3) is 3.62. The Labute approximate surface area is 136 Å². The number of thiophene rings is 1. The topological polar surface area (TPSA) is 43.2 Å². The van der Waals surface area contributed by atoms with E-state index < -0.39 is 0 Å². The fourth-order valence-electron chi connectivity index (χ4n) is 2.45. The van der Waals surface area contributed by atoms with Crippen LogP contribution < -0.4 is 4.90 Å². The van der Waals surface area contributed by atoms with E-state index in [0.717, 1.165) is 38.5 Å². The largest absolute Gasteiger partial charge is 0.354 e. The van der Waals surface area contributed by atoms with E-state index in [1.54, 1.807) is 23.6 Å². The van der Waals surface area contributed by atoms with Crippen LogP contribution in [-0.4, -0.2) is 36.1 Å². The molecule has 0 N–H and O–H groups in total. The lowest BCUT2D eigenvalue weighted by molar-refractivity contribution is 0.251. The van der Waals surface area contributed by atoms with Crippen LogP contribution in [0.3, 0.4) is 0 Å². The molecular formula is C15H15BrN4S. The highest BCUT2D eigenvalue weighted by Gasteiger charge is 2.18. The monoisotopic (exact) mass is 362 g/mol. The highest BCUT2D eigenvalue weighted by atomic mass is 79.9. The second-order valence-corrected chi connectivity index (χ2v) is 7.53. The van der Waals surface area contributed by atoms with Crippen LogP contribution in [0.1, 0.15) is 10.4 Å². The maximum absolute atomic E-state index is 8.96. The third-order valence-electron chi connectivity index (χ3n) is 3.58. The number of hydrogen-bond donors (Lipinski definition) is 0. The van der Waals surface area contributed by atoms with E-state index in [1.807, 2.05) is 6.07 Å². The highest BCUT2D eigenvalue weighted by Crippen LogP contribution is 2.24. The Morgan fingerprint density at radius 2 is 2.05 bits per heavy atom. The summed E-state index contributed by atoms with van der Waals surface area (Å²) in [4.78, 5) is 10.5. The van der Waals surface area contributed by atoms with Crippen LogP contribution in [0.15, 0.2) is 34.2 Å². The van der Waals surface area contributed by atoms with Crippen molar-refractivity contribution in [1.82, 2.24) is 9.88 Å². The second kappa shape index (κ2) is 6.56. The van der Waals surface area contributed by atoms with Crippen molar-refractivity contribution in [3.05, 3.63) is 44.7 Å². The van der Waals surface area contributed by atoms with E-state index in [2.05, 4.69) is 48.9 Å². The Morgan fingerprint density at radius 1 is 1.24 bits per heavy atom. The van der Waals surface area contributed by atoms with Gasteiger partial charge in [0, 0.05) is 43.8 Å². The van der Waals surface area contributed by atoms with Crippen molar-refractivity contribution in [3.8, 4) is 6.07 Å². The van der Waals surface area contributed by atoms with E-state index >= 15 is 0 Å². The number of anilines is 1. The zero-order valence-corrected chi connectivity index (χ0v) is 13.9. The van der Waals surface area contributed by atoms with E-state index in [-0.39, 0.29) is 0 Å². The lowest BCUT2D eigenvalue weighted by Crippen LogP contribution is -2.46. The van der Waals surface area contributed by atoms with Gasteiger partial charge in [-0.05, 0) is 40.2 Å². The molecule has 1 saturated heterocycles. The number of hydrogen-bond acceptors (Lipinski definition) is 5. The second-order valence-electron chi connectivity index (χ2n) is 4.98. The van der Waals surface area contributed by atoms with Gasteiger partial charge in [0.25, 0.3) is 0 Å². The molecule has 4 nitrogen and oxygen atoms in total. The van der Waals surface area contributed by atoms with Gasteiger partial charge >= 0.3 is 0 Å². The van der Waals surface area contributed by atoms with Crippen molar-refractivity contribution < 1.29 is 0 Å². The molecule has 0 amide bonds. The van der Waals surface area contributed by atoms with Gasteiger partial charge in [-0.1, -0.05) is 0 Å². The predicted molar refractivity (Wildman–Crippen MR) is 88.5 cm³/mol. The maximum Gasteiger partial charge on any atom is 0.129 e. The SMILES string of the molecule is N#Cc1ccnc(N2CCN(Cc3ccc(Br)s3)CC2)c1. The summed E-state index contributed by atoms with van der Waals surface area (Å²) < 4.78 is 1.19. The summed E-state index contributed by atoms with van der Waals surface area (Å²) in [5, 5.41) is 8.96.